The van der Waals surface area contributed by atoms with Crippen molar-refractivity contribution in [1.82, 2.24) is 10.0 Å². The van der Waals surface area contributed by atoms with Crippen LogP contribution < -0.4 is 10.0 Å². The minimum atomic E-state index is -3.84. The zero-order chi connectivity index (χ0) is 20.7. The Hall–Kier alpha value is -2.71. The summed E-state index contributed by atoms with van der Waals surface area (Å²) in [7, 11) is -3.84. The molecule has 0 saturated carbocycles. The lowest BCUT2D eigenvalue weighted by atomic mass is 10.1. The quantitative estimate of drug-likeness (QED) is 0.657. The second-order valence-corrected chi connectivity index (χ2v) is 7.97. The summed E-state index contributed by atoms with van der Waals surface area (Å²) in [6.07, 6.45) is -0.981. The molecule has 28 heavy (non-hydrogen) atoms. The van der Waals surface area contributed by atoms with Gasteiger partial charge in [-0.2, -0.15) is 0 Å². The van der Waals surface area contributed by atoms with E-state index in [4.69, 9.17) is 4.74 Å². The van der Waals surface area contributed by atoms with Crippen molar-refractivity contribution in [3.63, 3.8) is 0 Å². The van der Waals surface area contributed by atoms with E-state index in [1.165, 1.54) is 25.1 Å². The number of amides is 1. The molecular formula is C20H24N2O5S. The van der Waals surface area contributed by atoms with Crippen molar-refractivity contribution in [2.45, 2.75) is 38.3 Å². The lowest BCUT2D eigenvalue weighted by Crippen LogP contribution is -2.35. The third-order valence-corrected chi connectivity index (χ3v) is 5.57. The van der Waals surface area contributed by atoms with Crippen LogP contribution in [0.4, 0.5) is 0 Å². The van der Waals surface area contributed by atoms with E-state index in [1.807, 2.05) is 30.3 Å². The van der Waals surface area contributed by atoms with Crippen molar-refractivity contribution in [1.29, 1.82) is 0 Å². The predicted molar refractivity (Wildman–Crippen MR) is 105 cm³/mol. The van der Waals surface area contributed by atoms with E-state index >= 15 is 0 Å². The molecule has 0 fully saturated rings. The normalized spacial score (nSPS) is 12.2. The molecule has 150 valence electrons. The number of nitrogens with one attached hydrogen (secondary N) is 2. The second kappa shape index (κ2) is 9.48. The Morgan fingerprint density at radius 1 is 1.11 bits per heavy atom. The Labute approximate surface area is 165 Å². The van der Waals surface area contributed by atoms with Crippen molar-refractivity contribution >= 4 is 21.9 Å². The molecule has 7 nitrogen and oxygen atoms in total. The molecule has 2 rings (SSSR count). The molecule has 0 aromatic heterocycles. The summed E-state index contributed by atoms with van der Waals surface area (Å²) >= 11 is 0. The maximum absolute atomic E-state index is 12.7. The molecule has 0 radical (unpaired) electrons. The van der Waals surface area contributed by atoms with Crippen molar-refractivity contribution in [3.8, 4) is 0 Å². The smallest absolute Gasteiger partial charge is 0.338 e. The maximum atomic E-state index is 12.7. The number of aryl methyl sites for hydroxylation is 1. The van der Waals surface area contributed by atoms with Gasteiger partial charge in [-0.25, -0.2) is 17.9 Å². The van der Waals surface area contributed by atoms with Crippen LogP contribution in [0.1, 0.15) is 35.3 Å². The van der Waals surface area contributed by atoms with E-state index in [0.29, 0.717) is 12.1 Å². The molecule has 0 heterocycles. The van der Waals surface area contributed by atoms with Crippen LogP contribution in [0.5, 0.6) is 0 Å². The van der Waals surface area contributed by atoms with Crippen LogP contribution in [-0.4, -0.2) is 32.9 Å². The van der Waals surface area contributed by atoms with Gasteiger partial charge in [0.15, 0.2) is 6.10 Å². The lowest BCUT2D eigenvalue weighted by Gasteiger charge is -2.14. The first-order chi connectivity index (χ1) is 13.2. The average Bonchev–Trinajstić information content (AvgIpc) is 2.67. The topological polar surface area (TPSA) is 102 Å². The number of carbonyl (C=O) groups excluding carboxylic acids is 2. The summed E-state index contributed by atoms with van der Waals surface area (Å²) in [4.78, 5) is 24.0. The van der Waals surface area contributed by atoms with E-state index < -0.39 is 28.0 Å². The van der Waals surface area contributed by atoms with Gasteiger partial charge in [0.2, 0.25) is 10.0 Å². The predicted octanol–water partition coefficient (Wildman–Crippen LogP) is 2.15. The van der Waals surface area contributed by atoms with Crippen molar-refractivity contribution in [2.24, 2.45) is 0 Å². The summed E-state index contributed by atoms with van der Waals surface area (Å²) in [6, 6.07) is 13.4. The number of carbonyl (C=O) groups is 2. The number of hydrogen-bond donors (Lipinski definition) is 2. The standard InChI is InChI=1S/C20H24N2O5S/c1-4-21-19(23)15(3)27-20(24)17-11-10-14(2)18(12-17)28(25,26)22-13-16-8-6-5-7-9-16/h5-12,15,22H,4,13H2,1-3H3,(H,21,23)/t15-/m0/s1. The molecule has 0 saturated heterocycles. The zero-order valence-corrected chi connectivity index (χ0v) is 16.9. The Bertz CT molecular complexity index is 942. The molecule has 0 spiro atoms. The van der Waals surface area contributed by atoms with Gasteiger partial charge in [-0.1, -0.05) is 36.4 Å². The van der Waals surface area contributed by atoms with E-state index in [9.17, 15) is 18.0 Å². The van der Waals surface area contributed by atoms with Crippen LogP contribution in [0.3, 0.4) is 0 Å². The van der Waals surface area contributed by atoms with Gasteiger partial charge >= 0.3 is 5.97 Å². The maximum Gasteiger partial charge on any atom is 0.338 e. The highest BCUT2D eigenvalue weighted by atomic mass is 32.2. The Morgan fingerprint density at radius 2 is 1.79 bits per heavy atom. The average molecular weight is 404 g/mol. The van der Waals surface area contributed by atoms with Crippen LogP contribution in [-0.2, 0) is 26.1 Å². The number of esters is 1. The fourth-order valence-electron chi connectivity index (χ4n) is 2.47. The van der Waals surface area contributed by atoms with Gasteiger partial charge in [-0.3, -0.25) is 4.79 Å². The van der Waals surface area contributed by atoms with Crippen LogP contribution in [0.2, 0.25) is 0 Å². The number of rotatable bonds is 8. The second-order valence-electron chi connectivity index (χ2n) is 6.23. The summed E-state index contributed by atoms with van der Waals surface area (Å²) in [5, 5.41) is 2.56. The monoisotopic (exact) mass is 404 g/mol. The fourth-order valence-corrected chi connectivity index (χ4v) is 3.75. The first-order valence-electron chi connectivity index (χ1n) is 8.87. The first kappa shape index (κ1) is 21.6. The number of likely N-dealkylation sites (N-methyl/N-ethyl adjacent to an activating group) is 1. The van der Waals surface area contributed by atoms with Crippen LogP contribution in [0, 0.1) is 6.92 Å². The largest absolute Gasteiger partial charge is 0.449 e. The molecule has 2 aromatic carbocycles. The highest BCUT2D eigenvalue weighted by Gasteiger charge is 2.22. The molecule has 0 unspecified atom stereocenters. The van der Waals surface area contributed by atoms with Crippen molar-refractivity contribution in [2.75, 3.05) is 6.54 Å². The Kier molecular flexibility index (Phi) is 7.31. The third kappa shape index (κ3) is 5.64. The number of sulfonamides is 1. The SMILES string of the molecule is CCNC(=O)[C@H](C)OC(=O)c1ccc(C)c(S(=O)(=O)NCc2ccccc2)c1. The first-order valence-corrected chi connectivity index (χ1v) is 10.4. The molecule has 1 atom stereocenters. The summed E-state index contributed by atoms with van der Waals surface area (Å²) in [5.74, 6) is -1.18. The van der Waals surface area contributed by atoms with Gasteiger partial charge in [0.25, 0.3) is 5.91 Å². The molecule has 0 aliphatic heterocycles. The van der Waals surface area contributed by atoms with E-state index in [-0.39, 0.29) is 17.0 Å². The van der Waals surface area contributed by atoms with Crippen molar-refractivity contribution in [3.05, 3.63) is 65.2 Å². The Balaban J connectivity index is 2.17. The molecule has 8 heteroatoms. The van der Waals surface area contributed by atoms with Gasteiger partial charge in [0, 0.05) is 13.1 Å². The summed E-state index contributed by atoms with van der Waals surface area (Å²) in [6.45, 7) is 5.40. The number of benzene rings is 2. The fraction of sp³-hybridized carbons (Fsp3) is 0.300. The molecule has 2 N–H and O–H groups in total. The van der Waals surface area contributed by atoms with Gasteiger partial charge in [-0.15, -0.1) is 0 Å². The van der Waals surface area contributed by atoms with Gasteiger partial charge in [0.1, 0.15) is 0 Å². The summed E-state index contributed by atoms with van der Waals surface area (Å²) in [5.41, 5.74) is 1.37. The molecule has 1 amide bonds. The van der Waals surface area contributed by atoms with Crippen LogP contribution in [0.25, 0.3) is 0 Å². The molecule has 2 aromatic rings. The molecular weight excluding hydrogens is 380 g/mol. The van der Waals surface area contributed by atoms with Crippen LogP contribution >= 0.6 is 0 Å². The number of hydrogen-bond acceptors (Lipinski definition) is 5. The third-order valence-electron chi connectivity index (χ3n) is 4.03. The van der Waals surface area contributed by atoms with Gasteiger partial charge in [0.05, 0.1) is 10.5 Å². The van der Waals surface area contributed by atoms with E-state index in [1.54, 1.807) is 13.8 Å². The van der Waals surface area contributed by atoms with Gasteiger partial charge in [-0.05, 0) is 44.0 Å². The minimum Gasteiger partial charge on any atom is -0.449 e. The molecule has 0 aliphatic rings. The minimum absolute atomic E-state index is 0.0106. The van der Waals surface area contributed by atoms with E-state index in [2.05, 4.69) is 10.0 Å². The van der Waals surface area contributed by atoms with Crippen molar-refractivity contribution < 1.29 is 22.7 Å². The zero-order valence-electron chi connectivity index (χ0n) is 16.1. The highest BCUT2D eigenvalue weighted by Crippen LogP contribution is 2.18. The highest BCUT2D eigenvalue weighted by molar-refractivity contribution is 7.89. The van der Waals surface area contributed by atoms with Gasteiger partial charge < -0.3 is 10.1 Å². The molecule has 0 aliphatic carbocycles. The number of ether oxygens (including phenoxy) is 1. The Morgan fingerprint density at radius 3 is 2.43 bits per heavy atom. The van der Waals surface area contributed by atoms with E-state index in [0.717, 1.165) is 5.56 Å². The van der Waals surface area contributed by atoms with Crippen LogP contribution in [0.15, 0.2) is 53.4 Å². The lowest BCUT2D eigenvalue weighted by molar-refractivity contribution is -0.128. The summed E-state index contributed by atoms with van der Waals surface area (Å²) < 4.78 is 33.0. The molecule has 0 bridgehead atoms.